The summed E-state index contributed by atoms with van der Waals surface area (Å²) < 4.78 is 0. The Kier molecular flexibility index (Phi) is 14.9. The van der Waals surface area contributed by atoms with Gasteiger partial charge in [0.2, 0.25) is 0 Å². The highest BCUT2D eigenvalue weighted by Crippen LogP contribution is 2.15. The Morgan fingerprint density at radius 1 is 0.769 bits per heavy atom. The number of nitrogens with two attached hydrogens (primary N) is 2. The molecular formula is C20H32N2O4. The zero-order valence-electron chi connectivity index (χ0n) is 15.4. The van der Waals surface area contributed by atoms with Gasteiger partial charge in [0.15, 0.2) is 0 Å². The maximum absolute atomic E-state index is 9.10. The number of hydrogen-bond donors (Lipinski definition) is 4. The van der Waals surface area contributed by atoms with E-state index in [0.717, 1.165) is 38.8 Å². The molecule has 0 aliphatic heterocycles. The first-order valence-corrected chi connectivity index (χ1v) is 9.08. The number of unbranched alkanes of at least 4 members (excludes halogenated alkanes) is 2. The lowest BCUT2D eigenvalue weighted by atomic mass is 10.1. The molecule has 6 N–H and O–H groups in total. The topological polar surface area (TPSA) is 127 Å². The number of carbonyl (C=O) groups is 2. The summed E-state index contributed by atoms with van der Waals surface area (Å²) in [6.45, 7) is 1.66. The van der Waals surface area contributed by atoms with Gasteiger partial charge >= 0.3 is 11.9 Å². The van der Waals surface area contributed by atoms with E-state index >= 15 is 0 Å². The van der Waals surface area contributed by atoms with Crippen molar-refractivity contribution in [2.24, 2.45) is 11.5 Å². The third-order valence-corrected chi connectivity index (χ3v) is 3.72. The minimum absolute atomic E-state index is 0.830. The fraction of sp³-hybridized carbons (Fsp3) is 0.500. The van der Waals surface area contributed by atoms with E-state index in [-0.39, 0.29) is 0 Å². The van der Waals surface area contributed by atoms with Gasteiger partial charge in [0.05, 0.1) is 0 Å². The van der Waals surface area contributed by atoms with Crippen molar-refractivity contribution < 1.29 is 19.8 Å². The highest BCUT2D eigenvalue weighted by molar-refractivity contribution is 6.27. The second kappa shape index (κ2) is 16.3. The molecule has 26 heavy (non-hydrogen) atoms. The number of rotatable bonds is 8. The summed E-state index contributed by atoms with van der Waals surface area (Å²) in [5.74, 6) is -3.65. The van der Waals surface area contributed by atoms with Crippen LogP contribution >= 0.6 is 0 Å². The van der Waals surface area contributed by atoms with E-state index in [9.17, 15) is 0 Å². The number of carboxylic acids is 2. The van der Waals surface area contributed by atoms with Crippen LogP contribution in [0.1, 0.15) is 51.4 Å². The molecule has 6 nitrogen and oxygen atoms in total. The second-order valence-electron chi connectivity index (χ2n) is 5.94. The molecule has 146 valence electrons. The fourth-order valence-electron chi connectivity index (χ4n) is 2.33. The number of allylic oxidation sites excluding steroid dienone is 8. The van der Waals surface area contributed by atoms with Crippen LogP contribution in [-0.4, -0.2) is 35.2 Å². The predicted molar refractivity (Wildman–Crippen MR) is 105 cm³/mol. The molecule has 0 aromatic heterocycles. The second-order valence-corrected chi connectivity index (χ2v) is 5.94. The lowest BCUT2D eigenvalue weighted by Gasteiger charge is -1.96. The average molecular weight is 364 g/mol. The molecule has 0 saturated carbocycles. The van der Waals surface area contributed by atoms with Crippen molar-refractivity contribution in [3.8, 4) is 0 Å². The van der Waals surface area contributed by atoms with E-state index in [4.69, 9.17) is 31.3 Å². The van der Waals surface area contributed by atoms with Crippen molar-refractivity contribution in [2.75, 3.05) is 13.1 Å². The van der Waals surface area contributed by atoms with E-state index in [1.165, 1.54) is 36.8 Å². The highest BCUT2D eigenvalue weighted by Gasteiger charge is 2.04. The van der Waals surface area contributed by atoms with E-state index in [0.29, 0.717) is 0 Å². The van der Waals surface area contributed by atoms with Crippen molar-refractivity contribution in [1.82, 2.24) is 0 Å². The van der Waals surface area contributed by atoms with Crippen LogP contribution < -0.4 is 11.5 Å². The Labute approximate surface area is 156 Å². The molecule has 0 fully saturated rings. The molecule has 2 rings (SSSR count). The maximum Gasteiger partial charge on any atom is 0.414 e. The van der Waals surface area contributed by atoms with Gasteiger partial charge in [-0.15, -0.1) is 0 Å². The molecular weight excluding hydrogens is 332 g/mol. The van der Waals surface area contributed by atoms with Crippen molar-refractivity contribution >= 4 is 11.9 Å². The van der Waals surface area contributed by atoms with Crippen LogP contribution in [0.3, 0.4) is 0 Å². The summed E-state index contributed by atoms with van der Waals surface area (Å²) in [4.78, 5) is 18.2. The molecule has 0 spiro atoms. The van der Waals surface area contributed by atoms with Crippen LogP contribution in [0.2, 0.25) is 0 Å². The van der Waals surface area contributed by atoms with Gasteiger partial charge in [-0.25, -0.2) is 9.59 Å². The quantitative estimate of drug-likeness (QED) is 0.387. The van der Waals surface area contributed by atoms with Gasteiger partial charge < -0.3 is 21.7 Å². The SMILES string of the molecule is NCCCCC1=CCC=C1.NCCCCC1=CCC=C1.O=C(O)C(=O)O. The number of hydrogen-bond acceptors (Lipinski definition) is 4. The molecule has 0 radical (unpaired) electrons. The summed E-state index contributed by atoms with van der Waals surface area (Å²) in [6.07, 6.45) is 22.9. The van der Waals surface area contributed by atoms with E-state index in [1.54, 1.807) is 0 Å². The monoisotopic (exact) mass is 364 g/mol. The van der Waals surface area contributed by atoms with Crippen molar-refractivity contribution in [3.05, 3.63) is 47.6 Å². The van der Waals surface area contributed by atoms with E-state index in [2.05, 4.69) is 36.5 Å². The van der Waals surface area contributed by atoms with Gasteiger partial charge in [0.25, 0.3) is 0 Å². The third-order valence-electron chi connectivity index (χ3n) is 3.72. The normalized spacial score (nSPS) is 13.9. The van der Waals surface area contributed by atoms with Crippen molar-refractivity contribution in [2.45, 2.75) is 51.4 Å². The van der Waals surface area contributed by atoms with Crippen LogP contribution in [0.25, 0.3) is 0 Å². The van der Waals surface area contributed by atoms with Gasteiger partial charge in [0, 0.05) is 0 Å². The molecule has 0 atom stereocenters. The Hall–Kier alpha value is -2.18. The molecule has 0 unspecified atom stereocenters. The lowest BCUT2D eigenvalue weighted by Crippen LogP contribution is -2.09. The average Bonchev–Trinajstić information content (AvgIpc) is 3.30. The van der Waals surface area contributed by atoms with Gasteiger partial charge in [0.1, 0.15) is 0 Å². The maximum atomic E-state index is 9.10. The van der Waals surface area contributed by atoms with Crippen LogP contribution in [0.15, 0.2) is 47.6 Å². The van der Waals surface area contributed by atoms with Gasteiger partial charge in [-0.2, -0.15) is 0 Å². The largest absolute Gasteiger partial charge is 0.473 e. The number of aliphatic carboxylic acids is 2. The van der Waals surface area contributed by atoms with Crippen LogP contribution in [0, 0.1) is 0 Å². The molecule has 6 heteroatoms. The Morgan fingerprint density at radius 3 is 1.38 bits per heavy atom. The first kappa shape index (κ1) is 23.8. The Bertz CT molecular complexity index is 486. The summed E-state index contributed by atoms with van der Waals surface area (Å²) in [5, 5.41) is 14.8. The molecule has 0 bridgehead atoms. The smallest absolute Gasteiger partial charge is 0.414 e. The van der Waals surface area contributed by atoms with Crippen LogP contribution in [0.5, 0.6) is 0 Å². The summed E-state index contributed by atoms with van der Waals surface area (Å²) in [7, 11) is 0. The highest BCUT2D eigenvalue weighted by atomic mass is 16.4. The summed E-state index contributed by atoms with van der Waals surface area (Å²) >= 11 is 0. The van der Waals surface area contributed by atoms with E-state index in [1.807, 2.05) is 0 Å². The minimum Gasteiger partial charge on any atom is -0.473 e. The molecule has 0 aromatic carbocycles. The third kappa shape index (κ3) is 14.2. The van der Waals surface area contributed by atoms with Crippen LogP contribution in [0.4, 0.5) is 0 Å². The summed E-state index contributed by atoms with van der Waals surface area (Å²) in [5.41, 5.74) is 13.7. The lowest BCUT2D eigenvalue weighted by molar-refractivity contribution is -0.159. The summed E-state index contributed by atoms with van der Waals surface area (Å²) in [6, 6.07) is 0. The zero-order valence-corrected chi connectivity index (χ0v) is 15.4. The molecule has 0 heterocycles. The predicted octanol–water partition coefficient (Wildman–Crippen LogP) is 3.16. The Balaban J connectivity index is 0.000000375. The first-order valence-electron chi connectivity index (χ1n) is 9.08. The molecule has 0 amide bonds. The van der Waals surface area contributed by atoms with Crippen molar-refractivity contribution in [3.63, 3.8) is 0 Å². The van der Waals surface area contributed by atoms with Gasteiger partial charge in [-0.3, -0.25) is 0 Å². The Morgan fingerprint density at radius 2 is 1.15 bits per heavy atom. The minimum atomic E-state index is -1.82. The van der Waals surface area contributed by atoms with Gasteiger partial charge in [-0.05, 0) is 64.5 Å². The molecule has 0 aromatic rings. The van der Waals surface area contributed by atoms with Crippen LogP contribution in [-0.2, 0) is 9.59 Å². The molecule has 2 aliphatic carbocycles. The van der Waals surface area contributed by atoms with E-state index < -0.39 is 11.9 Å². The first-order chi connectivity index (χ1) is 12.5. The van der Waals surface area contributed by atoms with Crippen molar-refractivity contribution in [1.29, 1.82) is 0 Å². The molecule has 0 saturated heterocycles. The molecule has 2 aliphatic rings. The standard InChI is InChI=1S/2C9H15N.C2H2O4/c2*10-8-4-3-7-9-5-1-2-6-9;3-1(4)2(5)6/h2*1,5-6H,2-4,7-8,10H2;(H,3,4)(H,5,6). The number of carboxylic acid groups (broad SMARTS) is 2. The van der Waals surface area contributed by atoms with Gasteiger partial charge in [-0.1, -0.05) is 47.6 Å². The fourth-order valence-corrected chi connectivity index (χ4v) is 2.33. The zero-order chi connectivity index (χ0) is 19.6.